The van der Waals surface area contributed by atoms with Gasteiger partial charge in [0.15, 0.2) is 6.29 Å². The summed E-state index contributed by atoms with van der Waals surface area (Å²) in [6, 6.07) is 7.01. The molecule has 0 spiro atoms. The van der Waals surface area contributed by atoms with Crippen molar-refractivity contribution in [2.45, 2.75) is 76.3 Å². The number of nitrogens with one attached hydrogen (secondary N) is 5. The van der Waals surface area contributed by atoms with Gasteiger partial charge in [-0.25, -0.2) is 13.6 Å². The fourth-order valence-corrected chi connectivity index (χ4v) is 9.80. The first kappa shape index (κ1) is 47.5. The maximum Gasteiger partial charge on any atom is 0.317 e. The van der Waals surface area contributed by atoms with E-state index in [1.807, 2.05) is 4.90 Å². The van der Waals surface area contributed by atoms with Crippen LogP contribution < -0.4 is 26.2 Å². The summed E-state index contributed by atoms with van der Waals surface area (Å²) in [5, 5.41) is 25.0. The number of hydrogen-bond acceptors (Lipinski definition) is 10. The van der Waals surface area contributed by atoms with Crippen molar-refractivity contribution in [2.24, 2.45) is 13.0 Å². The van der Waals surface area contributed by atoms with E-state index >= 15 is 0 Å². The fourth-order valence-electron chi connectivity index (χ4n) is 9.80. The predicted octanol–water partition coefficient (Wildman–Crippen LogP) is 3.75. The number of amides is 6. The largest absolute Gasteiger partial charge is 0.385 e. The van der Waals surface area contributed by atoms with Crippen LogP contribution in [0.15, 0.2) is 54.0 Å². The molecule has 1 atom stereocenters. The number of benzene rings is 2. The Morgan fingerprint density at radius 2 is 1.76 bits per heavy atom. The number of fused-ring (bicyclic) bond motifs is 1. The first-order chi connectivity index (χ1) is 32.8. The Bertz CT molecular complexity index is 2580. The standard InChI is InChI=1S/C49H57F2N11O6/c1-53-49(68)61-22-16-40(38(27-61)46(52)62-17-4-6-32-23-36(33-25-54-58(2)26-33)37(45(50)51)24-42(32)62)55-34-14-20-60(21-15-34)44(65)28-59-18-12-30(13-19-59)8-9-31-5-3-7-35(39(31)29-63)47(66)56-41-10-11-43(64)57-48(41)67/h3,5,7,23-26,29-30,34,41,45,52,55H,4,6,10-22,27-28H2,1-2H3,(H,53,68)(H,56,66)(H,57,64,67). The predicted molar refractivity (Wildman–Crippen MR) is 249 cm³/mol. The number of aromatic nitrogens is 2. The maximum atomic E-state index is 14.6. The molecule has 0 radical (unpaired) electrons. The molecule has 1 unspecified atom stereocenters. The molecule has 0 saturated carbocycles. The molecule has 0 aliphatic carbocycles. The zero-order valence-electron chi connectivity index (χ0n) is 38.3. The summed E-state index contributed by atoms with van der Waals surface area (Å²) in [4.78, 5) is 82.8. The highest BCUT2D eigenvalue weighted by atomic mass is 19.3. The second kappa shape index (κ2) is 20.9. The van der Waals surface area contributed by atoms with Crippen molar-refractivity contribution in [3.05, 3.63) is 81.8 Å². The number of aryl methyl sites for hydroxylation is 2. The summed E-state index contributed by atoms with van der Waals surface area (Å²) in [6.07, 6.45) is 6.15. The molecule has 6 heterocycles. The Balaban J connectivity index is 0.864. The van der Waals surface area contributed by atoms with E-state index in [2.05, 4.69) is 43.1 Å². The third kappa shape index (κ3) is 10.6. The summed E-state index contributed by atoms with van der Waals surface area (Å²) in [6.45, 7) is 3.84. The van der Waals surface area contributed by atoms with Crippen molar-refractivity contribution in [1.29, 1.82) is 5.41 Å². The minimum absolute atomic E-state index is 0.0255. The van der Waals surface area contributed by atoms with Crippen LogP contribution in [0.1, 0.15) is 95.2 Å². The van der Waals surface area contributed by atoms with Gasteiger partial charge in [-0.1, -0.05) is 17.9 Å². The Hall–Kier alpha value is -6.94. The molecule has 2 aromatic carbocycles. The van der Waals surface area contributed by atoms with Crippen LogP contribution >= 0.6 is 0 Å². The molecule has 17 nitrogen and oxygen atoms in total. The Kier molecular flexibility index (Phi) is 14.6. The highest BCUT2D eigenvalue weighted by Crippen LogP contribution is 2.40. The number of likely N-dealkylation sites (tertiary alicyclic amines) is 2. The number of nitrogens with zero attached hydrogens (tertiary/aromatic N) is 6. The third-order valence-corrected chi connectivity index (χ3v) is 13.6. The molecule has 5 aliphatic heterocycles. The molecule has 6 amide bonds. The third-order valence-electron chi connectivity index (χ3n) is 13.6. The Morgan fingerprint density at radius 3 is 2.46 bits per heavy atom. The lowest BCUT2D eigenvalue weighted by atomic mass is 9.92. The average molecular weight is 934 g/mol. The van der Waals surface area contributed by atoms with Crippen molar-refractivity contribution >= 4 is 47.5 Å². The number of alkyl halides is 2. The smallest absolute Gasteiger partial charge is 0.317 e. The molecule has 358 valence electrons. The molecule has 1 aromatic heterocycles. The lowest BCUT2D eigenvalue weighted by Gasteiger charge is -2.39. The second-order valence-corrected chi connectivity index (χ2v) is 18.0. The van der Waals surface area contributed by atoms with Gasteiger partial charge in [-0.05, 0) is 93.4 Å². The SMILES string of the molecule is CNC(=O)N1CCC(NC2CCN(C(=O)CN3CCC(C#Cc4cccc(C(=O)NC5CCC(=O)NC5=O)c4C=O)CC3)CC2)=C(C(=N)N2CCCc3cc(-c4cnn(C)c4)c(C(F)F)cc32)C1. The molecule has 3 fully saturated rings. The molecule has 5 N–H and O–H groups in total. The number of amidine groups is 1. The van der Waals surface area contributed by atoms with E-state index in [0.29, 0.717) is 99.2 Å². The first-order valence-corrected chi connectivity index (χ1v) is 23.3. The zero-order chi connectivity index (χ0) is 48.1. The number of urea groups is 1. The van der Waals surface area contributed by atoms with Gasteiger partial charge in [0, 0.05) is 110 Å². The van der Waals surface area contributed by atoms with Crippen molar-refractivity contribution < 1.29 is 37.5 Å². The van der Waals surface area contributed by atoms with Crippen LogP contribution in [0.2, 0.25) is 0 Å². The Morgan fingerprint density at radius 1 is 0.985 bits per heavy atom. The number of carbonyl (C=O) groups excluding carboxylic acids is 6. The normalized spacial score (nSPS) is 19.5. The fraction of sp³-hybridized carbons (Fsp3) is 0.469. The monoisotopic (exact) mass is 933 g/mol. The van der Waals surface area contributed by atoms with Gasteiger partial charge in [0.05, 0.1) is 24.8 Å². The number of hydrogen-bond donors (Lipinski definition) is 5. The molecular formula is C49H57F2N11O6. The van der Waals surface area contributed by atoms with Crippen LogP contribution in [-0.4, -0.2) is 138 Å². The van der Waals surface area contributed by atoms with Gasteiger partial charge in [-0.15, -0.1) is 0 Å². The number of anilines is 1. The minimum Gasteiger partial charge on any atom is -0.385 e. The summed E-state index contributed by atoms with van der Waals surface area (Å²) >= 11 is 0. The second-order valence-electron chi connectivity index (χ2n) is 18.0. The number of rotatable bonds is 10. The van der Waals surface area contributed by atoms with E-state index in [1.54, 1.807) is 59.2 Å². The lowest BCUT2D eigenvalue weighted by molar-refractivity contribution is -0.135. The van der Waals surface area contributed by atoms with Crippen LogP contribution in [0.25, 0.3) is 11.1 Å². The molecular weight excluding hydrogens is 877 g/mol. The molecule has 5 aliphatic rings. The summed E-state index contributed by atoms with van der Waals surface area (Å²) in [5.74, 6) is 5.03. The molecule has 0 bridgehead atoms. The zero-order valence-corrected chi connectivity index (χ0v) is 38.3. The summed E-state index contributed by atoms with van der Waals surface area (Å²) < 4.78 is 30.9. The van der Waals surface area contributed by atoms with Crippen molar-refractivity contribution in [1.82, 2.24) is 45.7 Å². The van der Waals surface area contributed by atoms with Gasteiger partial charge in [-0.2, -0.15) is 5.10 Å². The van der Waals surface area contributed by atoms with Gasteiger partial charge >= 0.3 is 6.03 Å². The number of imide groups is 1. The van der Waals surface area contributed by atoms with Crippen molar-refractivity contribution in [3.63, 3.8) is 0 Å². The van der Waals surface area contributed by atoms with Gasteiger partial charge < -0.3 is 30.7 Å². The number of piperidine rings is 3. The maximum absolute atomic E-state index is 14.6. The van der Waals surface area contributed by atoms with Crippen LogP contribution in [0.3, 0.4) is 0 Å². The van der Waals surface area contributed by atoms with E-state index in [1.165, 1.54) is 12.1 Å². The van der Waals surface area contributed by atoms with Crippen molar-refractivity contribution in [2.75, 3.05) is 64.3 Å². The van der Waals surface area contributed by atoms with E-state index in [4.69, 9.17) is 0 Å². The number of aldehydes is 1. The van der Waals surface area contributed by atoms with E-state index in [9.17, 15) is 43.0 Å². The van der Waals surface area contributed by atoms with Crippen LogP contribution in [-0.2, 0) is 27.9 Å². The number of halogens is 2. The first-order valence-electron chi connectivity index (χ1n) is 23.3. The average Bonchev–Trinajstić information content (AvgIpc) is 3.79. The lowest BCUT2D eigenvalue weighted by Crippen LogP contribution is -2.52. The van der Waals surface area contributed by atoms with Crippen molar-refractivity contribution in [3.8, 4) is 23.0 Å². The van der Waals surface area contributed by atoms with Gasteiger partial charge in [0.25, 0.3) is 12.3 Å². The summed E-state index contributed by atoms with van der Waals surface area (Å²) in [7, 11) is 3.31. The van der Waals surface area contributed by atoms with Crippen LogP contribution in [0.5, 0.6) is 0 Å². The van der Waals surface area contributed by atoms with E-state index < -0.39 is 30.2 Å². The molecule has 3 aromatic rings. The molecule has 3 saturated heterocycles. The number of carbonyl (C=O) groups is 6. The van der Waals surface area contributed by atoms with E-state index in [-0.39, 0.29) is 72.4 Å². The highest BCUT2D eigenvalue weighted by Gasteiger charge is 2.34. The Labute approximate surface area is 393 Å². The molecule has 8 rings (SSSR count). The van der Waals surface area contributed by atoms with E-state index in [0.717, 1.165) is 30.5 Å². The van der Waals surface area contributed by atoms with Gasteiger partial charge in [-0.3, -0.25) is 44.3 Å². The van der Waals surface area contributed by atoms with Gasteiger partial charge in [0.2, 0.25) is 17.7 Å². The van der Waals surface area contributed by atoms with Gasteiger partial charge in [0.1, 0.15) is 11.9 Å². The topological polar surface area (TPSA) is 205 Å². The highest BCUT2D eigenvalue weighted by molar-refractivity contribution is 6.10. The molecule has 68 heavy (non-hydrogen) atoms. The quantitative estimate of drug-likeness (QED) is 0.0655. The molecule has 19 heteroatoms. The van der Waals surface area contributed by atoms with Crippen LogP contribution in [0, 0.1) is 23.2 Å². The van der Waals surface area contributed by atoms with Crippen LogP contribution in [0.4, 0.5) is 19.3 Å². The summed E-state index contributed by atoms with van der Waals surface area (Å²) in [5.41, 5.74) is 4.48. The minimum atomic E-state index is -2.74.